The lowest BCUT2D eigenvalue weighted by Gasteiger charge is -2.07. The molecule has 0 aliphatic carbocycles. The summed E-state index contributed by atoms with van der Waals surface area (Å²) in [6, 6.07) is 4.55. The molecule has 0 atom stereocenters. The van der Waals surface area contributed by atoms with Crippen LogP contribution in [0.15, 0.2) is 23.1 Å². The number of rotatable bonds is 5. The van der Waals surface area contributed by atoms with Gasteiger partial charge in [-0.05, 0) is 24.6 Å². The van der Waals surface area contributed by atoms with Crippen LogP contribution in [0, 0.1) is 0 Å². The minimum atomic E-state index is -3.21. The smallest absolute Gasteiger partial charge is 0.178 e. The maximum atomic E-state index is 11.8. The van der Waals surface area contributed by atoms with E-state index in [4.69, 9.17) is 10.5 Å². The molecule has 0 aliphatic heterocycles. The largest absolute Gasteiger partial charge is 0.495 e. The quantitative estimate of drug-likeness (QED) is 0.801. The summed E-state index contributed by atoms with van der Waals surface area (Å²) in [5, 5.41) is 0. The van der Waals surface area contributed by atoms with Gasteiger partial charge in [0.15, 0.2) is 9.84 Å². The Morgan fingerprint density at radius 3 is 2.56 bits per heavy atom. The first-order valence-corrected chi connectivity index (χ1v) is 6.82. The third-order valence-corrected chi connectivity index (χ3v) is 4.13. The SMILES string of the molecule is CCCCS(=O)(=O)c1ccc(OC)c(N)c1. The Morgan fingerprint density at radius 2 is 2.06 bits per heavy atom. The molecule has 1 aromatic rings. The number of sulfone groups is 1. The molecule has 0 radical (unpaired) electrons. The van der Waals surface area contributed by atoms with Gasteiger partial charge < -0.3 is 10.5 Å². The lowest BCUT2D eigenvalue weighted by Crippen LogP contribution is -2.07. The zero-order valence-electron chi connectivity index (χ0n) is 9.56. The van der Waals surface area contributed by atoms with Gasteiger partial charge in [0.1, 0.15) is 5.75 Å². The summed E-state index contributed by atoms with van der Waals surface area (Å²) in [6.45, 7) is 1.96. The molecule has 5 heteroatoms. The van der Waals surface area contributed by atoms with Crippen LogP contribution in [-0.2, 0) is 9.84 Å². The molecule has 2 N–H and O–H groups in total. The molecule has 1 rings (SSSR count). The predicted octanol–water partition coefficient (Wildman–Crippen LogP) is 1.85. The van der Waals surface area contributed by atoms with E-state index in [1.165, 1.54) is 19.2 Å². The van der Waals surface area contributed by atoms with Crippen LogP contribution in [0.5, 0.6) is 5.75 Å². The van der Waals surface area contributed by atoms with Crippen LogP contribution >= 0.6 is 0 Å². The van der Waals surface area contributed by atoms with Gasteiger partial charge >= 0.3 is 0 Å². The van der Waals surface area contributed by atoms with Gasteiger partial charge in [-0.2, -0.15) is 0 Å². The standard InChI is InChI=1S/C11H17NO3S/c1-3-4-7-16(13,14)9-5-6-11(15-2)10(12)8-9/h5-6,8H,3-4,7,12H2,1-2H3. The second-order valence-electron chi connectivity index (χ2n) is 3.58. The Kier molecular flexibility index (Phi) is 4.18. The molecule has 0 aliphatic rings. The first kappa shape index (κ1) is 12.8. The molecule has 0 amide bonds. The van der Waals surface area contributed by atoms with E-state index in [2.05, 4.69) is 0 Å². The van der Waals surface area contributed by atoms with Crippen LogP contribution in [0.25, 0.3) is 0 Å². The van der Waals surface area contributed by atoms with Crippen molar-refractivity contribution in [1.82, 2.24) is 0 Å². The van der Waals surface area contributed by atoms with E-state index in [1.54, 1.807) is 6.07 Å². The van der Waals surface area contributed by atoms with Crippen molar-refractivity contribution in [2.45, 2.75) is 24.7 Å². The van der Waals surface area contributed by atoms with Gasteiger partial charge in [-0.1, -0.05) is 13.3 Å². The number of ether oxygens (including phenoxy) is 1. The summed E-state index contributed by atoms with van der Waals surface area (Å²) >= 11 is 0. The molecular weight excluding hydrogens is 226 g/mol. The number of hydrogen-bond donors (Lipinski definition) is 1. The van der Waals surface area contributed by atoms with Crippen LogP contribution in [0.1, 0.15) is 19.8 Å². The van der Waals surface area contributed by atoms with Gasteiger partial charge in [0.25, 0.3) is 0 Å². The molecule has 0 bridgehead atoms. The van der Waals surface area contributed by atoms with Crippen LogP contribution in [0.3, 0.4) is 0 Å². The van der Waals surface area contributed by atoms with Crippen molar-refractivity contribution in [2.75, 3.05) is 18.6 Å². The highest BCUT2D eigenvalue weighted by atomic mass is 32.2. The molecule has 1 aromatic carbocycles. The highest BCUT2D eigenvalue weighted by Crippen LogP contribution is 2.25. The number of methoxy groups -OCH3 is 1. The van der Waals surface area contributed by atoms with Crippen molar-refractivity contribution in [3.63, 3.8) is 0 Å². The molecule has 0 heterocycles. The van der Waals surface area contributed by atoms with Crippen LogP contribution in [-0.4, -0.2) is 21.3 Å². The number of hydrogen-bond acceptors (Lipinski definition) is 4. The highest BCUT2D eigenvalue weighted by Gasteiger charge is 2.15. The number of unbranched alkanes of at least 4 members (excludes halogenated alkanes) is 1. The second-order valence-corrected chi connectivity index (χ2v) is 5.69. The van der Waals surface area contributed by atoms with E-state index in [-0.39, 0.29) is 10.6 Å². The maximum Gasteiger partial charge on any atom is 0.178 e. The van der Waals surface area contributed by atoms with E-state index >= 15 is 0 Å². The molecule has 0 unspecified atom stereocenters. The van der Waals surface area contributed by atoms with Crippen molar-refractivity contribution in [3.05, 3.63) is 18.2 Å². The summed E-state index contributed by atoms with van der Waals surface area (Å²) in [4.78, 5) is 0.263. The van der Waals surface area contributed by atoms with Gasteiger partial charge in [-0.3, -0.25) is 0 Å². The fraction of sp³-hybridized carbons (Fsp3) is 0.455. The van der Waals surface area contributed by atoms with Crippen molar-refractivity contribution in [3.8, 4) is 5.75 Å². The van der Waals surface area contributed by atoms with E-state index in [0.717, 1.165) is 6.42 Å². The van der Waals surface area contributed by atoms with E-state index in [0.29, 0.717) is 17.9 Å². The molecule has 16 heavy (non-hydrogen) atoms. The summed E-state index contributed by atoms with van der Waals surface area (Å²) in [5.41, 5.74) is 6.02. The number of nitrogens with two attached hydrogens (primary N) is 1. The lowest BCUT2D eigenvalue weighted by molar-refractivity contribution is 0.416. The predicted molar refractivity (Wildman–Crippen MR) is 64.4 cm³/mol. The van der Waals surface area contributed by atoms with E-state index < -0.39 is 9.84 Å². The van der Waals surface area contributed by atoms with Gasteiger partial charge in [0.05, 0.1) is 23.4 Å². The maximum absolute atomic E-state index is 11.8. The number of anilines is 1. The molecular formula is C11H17NO3S. The summed E-state index contributed by atoms with van der Waals surface area (Å²) in [5.74, 6) is 0.657. The number of benzene rings is 1. The van der Waals surface area contributed by atoms with Gasteiger partial charge in [-0.25, -0.2) is 8.42 Å². The van der Waals surface area contributed by atoms with Crippen LogP contribution in [0.2, 0.25) is 0 Å². The monoisotopic (exact) mass is 243 g/mol. The van der Waals surface area contributed by atoms with Crippen molar-refractivity contribution in [2.24, 2.45) is 0 Å². The molecule has 0 fully saturated rings. The molecule has 0 saturated heterocycles. The molecule has 4 nitrogen and oxygen atoms in total. The Morgan fingerprint density at radius 1 is 1.38 bits per heavy atom. The van der Waals surface area contributed by atoms with Gasteiger partial charge in [0, 0.05) is 0 Å². The van der Waals surface area contributed by atoms with Crippen molar-refractivity contribution < 1.29 is 13.2 Å². The Labute approximate surface area is 96.3 Å². The molecule has 0 saturated carbocycles. The Bertz CT molecular complexity index is 454. The average molecular weight is 243 g/mol. The van der Waals surface area contributed by atoms with Gasteiger partial charge in [-0.15, -0.1) is 0 Å². The third-order valence-electron chi connectivity index (χ3n) is 2.33. The normalized spacial score (nSPS) is 11.4. The Hall–Kier alpha value is -1.23. The summed E-state index contributed by atoms with van der Waals surface area (Å²) < 4.78 is 28.7. The van der Waals surface area contributed by atoms with Crippen LogP contribution < -0.4 is 10.5 Å². The topological polar surface area (TPSA) is 69.4 Å². The fourth-order valence-electron chi connectivity index (χ4n) is 1.36. The Balaban J connectivity index is 3.01. The first-order valence-electron chi connectivity index (χ1n) is 5.17. The van der Waals surface area contributed by atoms with Crippen molar-refractivity contribution in [1.29, 1.82) is 0 Å². The zero-order valence-corrected chi connectivity index (χ0v) is 10.4. The summed E-state index contributed by atoms with van der Waals surface area (Å²) in [6.07, 6.45) is 1.51. The minimum absolute atomic E-state index is 0.162. The number of nitrogen functional groups attached to an aromatic ring is 1. The van der Waals surface area contributed by atoms with Crippen molar-refractivity contribution >= 4 is 15.5 Å². The molecule has 90 valence electrons. The second kappa shape index (κ2) is 5.21. The minimum Gasteiger partial charge on any atom is -0.495 e. The molecule has 0 spiro atoms. The first-order chi connectivity index (χ1) is 7.51. The highest BCUT2D eigenvalue weighted by molar-refractivity contribution is 7.91. The molecule has 0 aromatic heterocycles. The third kappa shape index (κ3) is 2.88. The fourth-order valence-corrected chi connectivity index (χ4v) is 2.84. The van der Waals surface area contributed by atoms with E-state index in [9.17, 15) is 8.42 Å². The van der Waals surface area contributed by atoms with E-state index in [1.807, 2.05) is 6.92 Å². The zero-order chi connectivity index (χ0) is 12.2. The van der Waals surface area contributed by atoms with Crippen LogP contribution in [0.4, 0.5) is 5.69 Å². The summed E-state index contributed by atoms with van der Waals surface area (Å²) in [7, 11) is -1.71. The van der Waals surface area contributed by atoms with Gasteiger partial charge in [0.2, 0.25) is 0 Å². The lowest BCUT2D eigenvalue weighted by atomic mass is 10.3. The average Bonchev–Trinajstić information content (AvgIpc) is 2.26.